The molecule has 1 saturated heterocycles. The molecule has 0 saturated carbocycles. The van der Waals surface area contributed by atoms with E-state index in [0.29, 0.717) is 24.0 Å². The second-order valence-corrected chi connectivity index (χ2v) is 8.63. The number of piperidine rings is 1. The number of hydrogen-bond donors (Lipinski definition) is 2. The number of amides is 1. The summed E-state index contributed by atoms with van der Waals surface area (Å²) in [5.41, 5.74) is 2.32. The fourth-order valence-corrected chi connectivity index (χ4v) is 4.65. The summed E-state index contributed by atoms with van der Waals surface area (Å²) < 4.78 is 5.23. The summed E-state index contributed by atoms with van der Waals surface area (Å²) in [6, 6.07) is 17.9. The Labute approximate surface area is 196 Å². The van der Waals surface area contributed by atoms with Gasteiger partial charge in [-0.2, -0.15) is 0 Å². The summed E-state index contributed by atoms with van der Waals surface area (Å²) in [5, 5.41) is 7.30. The number of nitrogens with one attached hydrogen (secondary N) is 2. The van der Waals surface area contributed by atoms with Crippen molar-refractivity contribution in [1.82, 2.24) is 15.2 Å². The summed E-state index contributed by atoms with van der Waals surface area (Å²) in [6.07, 6.45) is 6.10. The van der Waals surface area contributed by atoms with Gasteiger partial charge in [-0.05, 0) is 68.6 Å². The number of hydrogen-bond acceptors (Lipinski definition) is 5. The van der Waals surface area contributed by atoms with Gasteiger partial charge < -0.3 is 20.3 Å². The normalized spacial score (nSPS) is 16.5. The second kappa shape index (κ2) is 11.1. The van der Waals surface area contributed by atoms with E-state index in [1.807, 2.05) is 54.6 Å². The topological polar surface area (TPSA) is 66.5 Å². The molecule has 1 aliphatic heterocycles. The standard InChI is InChI=1S/C27H34N4O2/c1-3-21-9-6-7-17-31(21)18-8-16-28-27(32)24-19-26(30-25-11-5-4-10-23(24)25)29-20-12-14-22(33-2)15-13-20/h4-5,10-15,19,21H,3,6-9,16-18H2,1-2H3,(H,28,32)(H,29,30). The number of rotatable bonds is 9. The van der Waals surface area contributed by atoms with E-state index in [1.54, 1.807) is 7.11 Å². The van der Waals surface area contributed by atoms with Gasteiger partial charge in [0.2, 0.25) is 0 Å². The zero-order valence-electron chi connectivity index (χ0n) is 19.6. The Morgan fingerprint density at radius 3 is 2.76 bits per heavy atom. The first-order valence-electron chi connectivity index (χ1n) is 12.0. The average Bonchev–Trinajstić information content (AvgIpc) is 2.86. The summed E-state index contributed by atoms with van der Waals surface area (Å²) in [4.78, 5) is 20.4. The number of ether oxygens (including phenoxy) is 1. The van der Waals surface area contributed by atoms with E-state index in [4.69, 9.17) is 9.72 Å². The molecule has 3 aromatic rings. The van der Waals surface area contributed by atoms with Crippen molar-refractivity contribution in [3.8, 4) is 5.75 Å². The van der Waals surface area contributed by atoms with E-state index in [9.17, 15) is 4.79 Å². The van der Waals surface area contributed by atoms with Gasteiger partial charge in [0, 0.05) is 30.2 Å². The minimum Gasteiger partial charge on any atom is -0.497 e. The van der Waals surface area contributed by atoms with Gasteiger partial charge in [0.1, 0.15) is 11.6 Å². The number of likely N-dealkylation sites (tertiary alicyclic amines) is 1. The lowest BCUT2D eigenvalue weighted by Gasteiger charge is -2.35. The summed E-state index contributed by atoms with van der Waals surface area (Å²) in [6.45, 7) is 5.17. The number of methoxy groups -OCH3 is 1. The lowest BCUT2D eigenvalue weighted by molar-refractivity contribution is 0.0949. The van der Waals surface area contributed by atoms with Gasteiger partial charge in [0.25, 0.3) is 5.91 Å². The third-order valence-electron chi connectivity index (χ3n) is 6.45. The third kappa shape index (κ3) is 5.82. The third-order valence-corrected chi connectivity index (χ3v) is 6.45. The number of para-hydroxylation sites is 1. The van der Waals surface area contributed by atoms with Crippen LogP contribution in [0.5, 0.6) is 5.75 Å². The SMILES string of the molecule is CCC1CCCCN1CCCNC(=O)c1cc(Nc2ccc(OC)cc2)nc2ccccc12. The number of benzene rings is 2. The quantitative estimate of drug-likeness (QED) is 0.433. The molecular weight excluding hydrogens is 412 g/mol. The van der Waals surface area contributed by atoms with Crippen LogP contribution in [0.2, 0.25) is 0 Å². The number of fused-ring (bicyclic) bond motifs is 1. The van der Waals surface area contributed by atoms with Crippen molar-refractivity contribution in [2.75, 3.05) is 32.1 Å². The van der Waals surface area contributed by atoms with E-state index in [-0.39, 0.29) is 5.91 Å². The van der Waals surface area contributed by atoms with Gasteiger partial charge in [0.15, 0.2) is 0 Å². The van der Waals surface area contributed by atoms with Crippen LogP contribution in [-0.2, 0) is 0 Å². The molecule has 1 atom stereocenters. The molecule has 1 amide bonds. The molecule has 0 spiro atoms. The number of nitrogens with zero attached hydrogens (tertiary/aromatic N) is 2. The highest BCUT2D eigenvalue weighted by Crippen LogP contribution is 2.24. The van der Waals surface area contributed by atoms with Crippen molar-refractivity contribution >= 4 is 28.3 Å². The van der Waals surface area contributed by atoms with Gasteiger partial charge in [0.05, 0.1) is 18.2 Å². The highest BCUT2D eigenvalue weighted by molar-refractivity contribution is 6.07. The highest BCUT2D eigenvalue weighted by Gasteiger charge is 2.20. The van der Waals surface area contributed by atoms with Crippen LogP contribution in [0.25, 0.3) is 10.9 Å². The van der Waals surface area contributed by atoms with E-state index in [1.165, 1.54) is 32.2 Å². The van der Waals surface area contributed by atoms with E-state index in [2.05, 4.69) is 22.5 Å². The number of pyridine rings is 1. The second-order valence-electron chi connectivity index (χ2n) is 8.63. The first-order chi connectivity index (χ1) is 16.2. The van der Waals surface area contributed by atoms with Crippen molar-refractivity contribution in [2.24, 2.45) is 0 Å². The van der Waals surface area contributed by atoms with Crippen LogP contribution in [0, 0.1) is 0 Å². The van der Waals surface area contributed by atoms with E-state index in [0.717, 1.165) is 35.3 Å². The van der Waals surface area contributed by atoms with Crippen molar-refractivity contribution in [2.45, 2.75) is 45.1 Å². The molecule has 6 nitrogen and oxygen atoms in total. The zero-order chi connectivity index (χ0) is 23.0. The smallest absolute Gasteiger partial charge is 0.252 e. The molecule has 2 heterocycles. The predicted molar refractivity (Wildman–Crippen MR) is 134 cm³/mol. The molecule has 4 rings (SSSR count). The Morgan fingerprint density at radius 1 is 1.15 bits per heavy atom. The van der Waals surface area contributed by atoms with Gasteiger partial charge in [-0.15, -0.1) is 0 Å². The van der Waals surface area contributed by atoms with Gasteiger partial charge in [-0.3, -0.25) is 4.79 Å². The zero-order valence-corrected chi connectivity index (χ0v) is 19.6. The molecule has 2 N–H and O–H groups in total. The Balaban J connectivity index is 1.43. The summed E-state index contributed by atoms with van der Waals surface area (Å²) >= 11 is 0. The molecule has 0 bridgehead atoms. The Kier molecular flexibility index (Phi) is 7.79. The molecule has 0 radical (unpaired) electrons. The molecule has 1 fully saturated rings. The molecule has 2 aromatic carbocycles. The fraction of sp³-hybridized carbons (Fsp3) is 0.407. The molecule has 0 aliphatic carbocycles. The number of carbonyl (C=O) groups is 1. The minimum atomic E-state index is -0.0583. The van der Waals surface area contributed by atoms with Crippen molar-refractivity contribution in [1.29, 1.82) is 0 Å². The van der Waals surface area contributed by atoms with Crippen LogP contribution in [0.15, 0.2) is 54.6 Å². The first kappa shape index (κ1) is 23.1. The number of anilines is 2. The molecule has 1 aromatic heterocycles. The predicted octanol–water partition coefficient (Wildman–Crippen LogP) is 5.37. The van der Waals surface area contributed by atoms with Crippen LogP contribution in [-0.4, -0.2) is 48.6 Å². The van der Waals surface area contributed by atoms with Crippen LogP contribution in [0.4, 0.5) is 11.5 Å². The van der Waals surface area contributed by atoms with E-state index >= 15 is 0 Å². The minimum absolute atomic E-state index is 0.0583. The van der Waals surface area contributed by atoms with Crippen LogP contribution < -0.4 is 15.4 Å². The van der Waals surface area contributed by atoms with Crippen molar-refractivity contribution < 1.29 is 9.53 Å². The lowest BCUT2D eigenvalue weighted by atomic mass is 10.00. The fourth-order valence-electron chi connectivity index (χ4n) is 4.65. The Morgan fingerprint density at radius 2 is 1.97 bits per heavy atom. The molecule has 174 valence electrons. The van der Waals surface area contributed by atoms with Crippen molar-refractivity contribution in [3.63, 3.8) is 0 Å². The maximum Gasteiger partial charge on any atom is 0.252 e. The van der Waals surface area contributed by atoms with Crippen molar-refractivity contribution in [3.05, 3.63) is 60.2 Å². The number of aromatic nitrogens is 1. The molecule has 1 aliphatic rings. The molecule has 6 heteroatoms. The highest BCUT2D eigenvalue weighted by atomic mass is 16.5. The molecule has 1 unspecified atom stereocenters. The summed E-state index contributed by atoms with van der Waals surface area (Å²) in [5.74, 6) is 1.38. The average molecular weight is 447 g/mol. The van der Waals surface area contributed by atoms with E-state index < -0.39 is 0 Å². The van der Waals surface area contributed by atoms with Crippen LogP contribution >= 0.6 is 0 Å². The maximum atomic E-state index is 13.1. The monoisotopic (exact) mass is 446 g/mol. The molecule has 33 heavy (non-hydrogen) atoms. The largest absolute Gasteiger partial charge is 0.497 e. The molecular formula is C27H34N4O2. The van der Waals surface area contributed by atoms with Gasteiger partial charge >= 0.3 is 0 Å². The Hall–Kier alpha value is -3.12. The lowest BCUT2D eigenvalue weighted by Crippen LogP contribution is -2.40. The van der Waals surface area contributed by atoms with Gasteiger partial charge in [-0.25, -0.2) is 4.98 Å². The number of carbonyl (C=O) groups excluding carboxylic acids is 1. The summed E-state index contributed by atoms with van der Waals surface area (Å²) in [7, 11) is 1.65. The van der Waals surface area contributed by atoms with Crippen LogP contribution in [0.1, 0.15) is 49.4 Å². The first-order valence-corrected chi connectivity index (χ1v) is 12.0. The Bertz CT molecular complexity index is 1070. The maximum absolute atomic E-state index is 13.1. The van der Waals surface area contributed by atoms with Gasteiger partial charge in [-0.1, -0.05) is 31.5 Å². The van der Waals surface area contributed by atoms with Crippen LogP contribution in [0.3, 0.4) is 0 Å².